The van der Waals surface area contributed by atoms with E-state index in [1.807, 2.05) is 24.3 Å². The molecule has 10 nitrogen and oxygen atoms in total. The van der Waals surface area contributed by atoms with E-state index in [0.29, 0.717) is 17.9 Å². The first-order valence-electron chi connectivity index (χ1n) is 11.3. The summed E-state index contributed by atoms with van der Waals surface area (Å²) in [7, 11) is 1.66. The third-order valence-electron chi connectivity index (χ3n) is 6.03. The van der Waals surface area contributed by atoms with E-state index in [-0.39, 0.29) is 49.7 Å². The molecular formula is C25H27N3O7. The molecule has 0 aromatic heterocycles. The van der Waals surface area contributed by atoms with Gasteiger partial charge in [0.15, 0.2) is 0 Å². The first kappa shape index (κ1) is 24.4. The summed E-state index contributed by atoms with van der Waals surface area (Å²) in [4.78, 5) is 49.5. The van der Waals surface area contributed by atoms with Crippen LogP contribution in [0.25, 0.3) is 0 Å². The van der Waals surface area contributed by atoms with Gasteiger partial charge in [-0.15, -0.1) is 0 Å². The molecule has 184 valence electrons. The maximum atomic E-state index is 13.2. The molecule has 2 aromatic carbocycles. The second-order valence-electron chi connectivity index (χ2n) is 8.30. The number of piperidine rings is 1. The van der Waals surface area contributed by atoms with E-state index in [2.05, 4.69) is 10.6 Å². The molecule has 2 N–H and O–H groups in total. The average Bonchev–Trinajstić information content (AvgIpc) is 3.20. The standard InChI is InChI=1S/C25H27N3O7/c1-33-11-10-26-12-16-2-4-17(5-3-16)14-34-20-7-8-21(35-15-29)23-18(20)13-28(25(23)32)19-6-9-22(30)27-24(19)31/h2-5,7-8,15,19,26H,6,9-14H2,1H3,(H,27,30,31). The van der Waals surface area contributed by atoms with Gasteiger partial charge >= 0.3 is 0 Å². The van der Waals surface area contributed by atoms with Crippen LogP contribution in [0.3, 0.4) is 0 Å². The Hall–Kier alpha value is -3.76. The molecule has 35 heavy (non-hydrogen) atoms. The molecule has 2 aromatic rings. The number of nitrogens with one attached hydrogen (secondary N) is 2. The third kappa shape index (κ3) is 5.50. The van der Waals surface area contributed by atoms with Crippen LogP contribution in [0.5, 0.6) is 11.5 Å². The lowest BCUT2D eigenvalue weighted by Crippen LogP contribution is -2.52. The average molecular weight is 482 g/mol. The predicted octanol–water partition coefficient (Wildman–Crippen LogP) is 1.30. The number of carbonyl (C=O) groups excluding carboxylic acids is 4. The van der Waals surface area contributed by atoms with E-state index in [1.165, 1.54) is 11.0 Å². The molecule has 0 radical (unpaired) electrons. The number of carbonyl (C=O) groups is 4. The molecule has 1 atom stereocenters. The molecule has 1 unspecified atom stereocenters. The van der Waals surface area contributed by atoms with Crippen LogP contribution in [-0.2, 0) is 38.8 Å². The lowest BCUT2D eigenvalue weighted by molar-refractivity contribution is -0.137. The summed E-state index contributed by atoms with van der Waals surface area (Å²) in [5.74, 6) is -0.748. The molecule has 0 saturated carbocycles. The van der Waals surface area contributed by atoms with Gasteiger partial charge in [0, 0.05) is 32.2 Å². The number of imide groups is 1. The van der Waals surface area contributed by atoms with Crippen LogP contribution in [-0.4, -0.2) is 55.4 Å². The maximum absolute atomic E-state index is 13.2. The summed E-state index contributed by atoms with van der Waals surface area (Å²) in [6.07, 6.45) is 0.382. The smallest absolute Gasteiger partial charge is 0.298 e. The minimum absolute atomic E-state index is 0.104. The summed E-state index contributed by atoms with van der Waals surface area (Å²) >= 11 is 0. The zero-order valence-electron chi connectivity index (χ0n) is 19.4. The van der Waals surface area contributed by atoms with Crippen molar-refractivity contribution in [3.63, 3.8) is 0 Å². The Bertz CT molecular complexity index is 1120. The minimum Gasteiger partial charge on any atom is -0.489 e. The van der Waals surface area contributed by atoms with Gasteiger partial charge in [0.05, 0.1) is 18.7 Å². The van der Waals surface area contributed by atoms with Gasteiger partial charge in [0.25, 0.3) is 12.4 Å². The van der Waals surface area contributed by atoms with Crippen molar-refractivity contribution in [1.82, 2.24) is 15.5 Å². The SMILES string of the molecule is COCCNCc1ccc(COc2ccc(OC=O)c3c2CN(C2CCC(=O)NC2=O)C3=O)cc1. The topological polar surface area (TPSA) is 123 Å². The van der Waals surface area contributed by atoms with Crippen molar-refractivity contribution in [1.29, 1.82) is 0 Å². The highest BCUT2D eigenvalue weighted by Gasteiger charge is 2.42. The summed E-state index contributed by atoms with van der Waals surface area (Å²) in [6, 6.07) is 10.3. The number of ether oxygens (including phenoxy) is 3. The van der Waals surface area contributed by atoms with Gasteiger partial charge in [0.2, 0.25) is 11.8 Å². The molecule has 1 saturated heterocycles. The van der Waals surface area contributed by atoms with E-state index in [0.717, 1.165) is 24.2 Å². The van der Waals surface area contributed by atoms with Crippen molar-refractivity contribution < 1.29 is 33.4 Å². The first-order chi connectivity index (χ1) is 17.0. The van der Waals surface area contributed by atoms with Gasteiger partial charge in [-0.2, -0.15) is 0 Å². The third-order valence-corrected chi connectivity index (χ3v) is 6.03. The fourth-order valence-electron chi connectivity index (χ4n) is 4.22. The summed E-state index contributed by atoms with van der Waals surface area (Å²) in [6.45, 7) is 2.78. The van der Waals surface area contributed by atoms with Gasteiger partial charge in [0.1, 0.15) is 24.1 Å². The highest BCUT2D eigenvalue weighted by Crippen LogP contribution is 2.39. The van der Waals surface area contributed by atoms with Gasteiger partial charge < -0.3 is 24.4 Å². The van der Waals surface area contributed by atoms with Crippen molar-refractivity contribution >= 4 is 24.2 Å². The van der Waals surface area contributed by atoms with Crippen molar-refractivity contribution in [2.75, 3.05) is 20.3 Å². The number of amides is 3. The molecule has 1 fully saturated rings. The number of hydrogen-bond acceptors (Lipinski definition) is 8. The number of benzene rings is 2. The van der Waals surface area contributed by atoms with Crippen LogP contribution in [0.1, 0.15) is 39.9 Å². The lowest BCUT2D eigenvalue weighted by Gasteiger charge is -2.29. The largest absolute Gasteiger partial charge is 0.489 e. The van der Waals surface area contributed by atoms with Gasteiger partial charge in [-0.3, -0.25) is 24.5 Å². The molecule has 3 amide bonds. The molecular weight excluding hydrogens is 454 g/mol. The normalized spacial score (nSPS) is 17.2. The van der Waals surface area contributed by atoms with E-state index < -0.39 is 17.9 Å². The van der Waals surface area contributed by atoms with Crippen LogP contribution in [0.4, 0.5) is 0 Å². The maximum Gasteiger partial charge on any atom is 0.298 e. The first-order valence-corrected chi connectivity index (χ1v) is 11.3. The van der Waals surface area contributed by atoms with Crippen molar-refractivity contribution in [3.05, 3.63) is 58.7 Å². The molecule has 2 aliphatic rings. The Balaban J connectivity index is 1.48. The summed E-state index contributed by atoms with van der Waals surface area (Å²) in [5.41, 5.74) is 2.81. The molecule has 2 heterocycles. The van der Waals surface area contributed by atoms with E-state index in [4.69, 9.17) is 14.2 Å². The minimum atomic E-state index is -0.783. The predicted molar refractivity (Wildman–Crippen MR) is 124 cm³/mol. The van der Waals surface area contributed by atoms with Crippen LogP contribution < -0.4 is 20.1 Å². The number of rotatable bonds is 11. The zero-order chi connectivity index (χ0) is 24.8. The molecule has 0 spiro atoms. The Kier molecular flexibility index (Phi) is 7.74. The van der Waals surface area contributed by atoms with Gasteiger partial charge in [-0.25, -0.2) is 0 Å². The Morgan fingerprint density at radius 1 is 1.09 bits per heavy atom. The van der Waals surface area contributed by atoms with Crippen LogP contribution in [0, 0.1) is 0 Å². The van der Waals surface area contributed by atoms with Gasteiger partial charge in [-0.05, 0) is 29.7 Å². The van der Waals surface area contributed by atoms with E-state index >= 15 is 0 Å². The number of fused-ring (bicyclic) bond motifs is 1. The Labute approximate surface area is 202 Å². The second-order valence-corrected chi connectivity index (χ2v) is 8.30. The highest BCUT2D eigenvalue weighted by molar-refractivity contribution is 6.07. The van der Waals surface area contributed by atoms with Crippen molar-refractivity contribution in [2.45, 2.75) is 38.6 Å². The quantitative estimate of drug-likeness (QED) is 0.280. The van der Waals surface area contributed by atoms with Crippen LogP contribution in [0.2, 0.25) is 0 Å². The van der Waals surface area contributed by atoms with E-state index in [1.54, 1.807) is 13.2 Å². The number of nitrogens with zero attached hydrogens (tertiary/aromatic N) is 1. The highest BCUT2D eigenvalue weighted by atomic mass is 16.5. The number of hydrogen-bond donors (Lipinski definition) is 2. The van der Waals surface area contributed by atoms with Crippen LogP contribution >= 0.6 is 0 Å². The summed E-state index contributed by atoms with van der Waals surface area (Å²) in [5, 5.41) is 5.56. The van der Waals surface area contributed by atoms with Crippen LogP contribution in [0.15, 0.2) is 36.4 Å². The van der Waals surface area contributed by atoms with Gasteiger partial charge in [-0.1, -0.05) is 24.3 Å². The monoisotopic (exact) mass is 481 g/mol. The molecule has 4 rings (SSSR count). The van der Waals surface area contributed by atoms with E-state index in [9.17, 15) is 19.2 Å². The molecule has 2 aliphatic heterocycles. The van der Waals surface area contributed by atoms with Crippen molar-refractivity contribution in [2.24, 2.45) is 0 Å². The zero-order valence-corrected chi connectivity index (χ0v) is 19.4. The number of methoxy groups -OCH3 is 1. The Morgan fingerprint density at radius 3 is 2.54 bits per heavy atom. The van der Waals surface area contributed by atoms with Crippen molar-refractivity contribution in [3.8, 4) is 11.5 Å². The fraction of sp³-hybridized carbons (Fsp3) is 0.360. The summed E-state index contributed by atoms with van der Waals surface area (Å²) < 4.78 is 16.1. The molecule has 0 aliphatic carbocycles. The second kappa shape index (κ2) is 11.1. The Morgan fingerprint density at radius 2 is 1.83 bits per heavy atom. The molecule has 0 bridgehead atoms. The lowest BCUT2D eigenvalue weighted by atomic mass is 10.0. The molecule has 10 heteroatoms. The fourth-order valence-corrected chi connectivity index (χ4v) is 4.22.